The molecule has 0 aliphatic rings. The number of carbonyl (C=O) groups is 2. The molecule has 8 heteroatoms. The smallest absolute Gasteiger partial charge is 0.319 e. The van der Waals surface area contributed by atoms with Gasteiger partial charge in [-0.2, -0.15) is 0 Å². The number of halogens is 1. The average molecular weight is 427 g/mol. The van der Waals surface area contributed by atoms with Crippen molar-refractivity contribution in [2.24, 2.45) is 5.92 Å². The second-order valence-electron chi connectivity index (χ2n) is 7.55. The lowest BCUT2D eigenvalue weighted by Gasteiger charge is -2.21. The first-order valence-corrected chi connectivity index (χ1v) is 9.91. The number of anilines is 1. The lowest BCUT2D eigenvalue weighted by atomic mass is 9.98. The number of furan rings is 1. The number of amides is 3. The number of hydrogen-bond acceptors (Lipinski definition) is 4. The molecule has 3 amide bonds. The molecule has 1 atom stereocenters. The van der Waals surface area contributed by atoms with Crippen molar-refractivity contribution in [2.75, 3.05) is 19.5 Å². The molecule has 0 unspecified atom stereocenters. The van der Waals surface area contributed by atoms with Gasteiger partial charge in [-0.25, -0.2) is 9.18 Å². The van der Waals surface area contributed by atoms with Crippen LogP contribution < -0.4 is 20.7 Å². The Hall–Kier alpha value is -3.55. The van der Waals surface area contributed by atoms with E-state index in [1.54, 1.807) is 18.2 Å². The Labute approximate surface area is 180 Å². The van der Waals surface area contributed by atoms with Crippen LogP contribution in [0.25, 0.3) is 11.0 Å². The average Bonchev–Trinajstić information content (AvgIpc) is 3.06. The van der Waals surface area contributed by atoms with Gasteiger partial charge in [0.15, 0.2) is 0 Å². The number of rotatable bonds is 6. The third kappa shape index (κ3) is 4.63. The Morgan fingerprint density at radius 3 is 2.52 bits per heavy atom. The van der Waals surface area contributed by atoms with E-state index in [2.05, 4.69) is 16.0 Å². The van der Waals surface area contributed by atoms with Gasteiger partial charge >= 0.3 is 6.03 Å². The van der Waals surface area contributed by atoms with Crippen molar-refractivity contribution in [2.45, 2.75) is 26.8 Å². The minimum Gasteiger partial charge on any atom is -0.496 e. The number of ether oxygens (including phenoxy) is 1. The Morgan fingerprint density at radius 1 is 1.13 bits per heavy atom. The molecule has 0 radical (unpaired) electrons. The summed E-state index contributed by atoms with van der Waals surface area (Å²) in [7, 11) is 2.99. The predicted molar refractivity (Wildman–Crippen MR) is 117 cm³/mol. The lowest BCUT2D eigenvalue weighted by Crippen LogP contribution is -2.35. The highest BCUT2D eigenvalue weighted by Gasteiger charge is 2.25. The van der Waals surface area contributed by atoms with E-state index < -0.39 is 12.1 Å². The molecule has 31 heavy (non-hydrogen) atoms. The normalized spacial score (nSPS) is 12.0. The highest BCUT2D eigenvalue weighted by atomic mass is 19.1. The number of fused-ring (bicyclic) bond motifs is 1. The topological polar surface area (TPSA) is 92.6 Å². The summed E-state index contributed by atoms with van der Waals surface area (Å²) in [6.45, 7) is 5.75. The fourth-order valence-electron chi connectivity index (χ4n) is 3.45. The molecule has 3 N–H and O–H groups in total. The van der Waals surface area contributed by atoms with Gasteiger partial charge in [0.2, 0.25) is 0 Å². The quantitative estimate of drug-likeness (QED) is 0.528. The van der Waals surface area contributed by atoms with Crippen LogP contribution in [0.2, 0.25) is 0 Å². The van der Waals surface area contributed by atoms with Crippen molar-refractivity contribution in [3.05, 3.63) is 59.1 Å². The summed E-state index contributed by atoms with van der Waals surface area (Å²) >= 11 is 0. The van der Waals surface area contributed by atoms with E-state index in [0.29, 0.717) is 33.7 Å². The number of methoxy groups -OCH3 is 1. The van der Waals surface area contributed by atoms with Crippen molar-refractivity contribution in [3.8, 4) is 5.75 Å². The standard InChI is InChI=1S/C23H26FN3O4/c1-12(2)20(21-13(3)16-10-14(24)6-8-19(16)31-21)27-23(29)26-15-7-9-18(30-5)17(11-15)22(28)25-4/h6-12,20H,1-5H3,(H,25,28)(H2,26,27,29)/t20-/m0/s1. The van der Waals surface area contributed by atoms with Gasteiger partial charge < -0.3 is 25.1 Å². The summed E-state index contributed by atoms with van der Waals surface area (Å²) < 4.78 is 24.8. The first-order chi connectivity index (χ1) is 14.7. The van der Waals surface area contributed by atoms with E-state index >= 15 is 0 Å². The highest BCUT2D eigenvalue weighted by molar-refractivity contribution is 5.99. The van der Waals surface area contributed by atoms with Crippen LogP contribution in [0.15, 0.2) is 40.8 Å². The fraction of sp³-hybridized carbons (Fsp3) is 0.304. The molecule has 0 aliphatic heterocycles. The lowest BCUT2D eigenvalue weighted by molar-refractivity contribution is 0.0960. The summed E-state index contributed by atoms with van der Waals surface area (Å²) in [4.78, 5) is 24.8. The second-order valence-corrected chi connectivity index (χ2v) is 7.55. The summed E-state index contributed by atoms with van der Waals surface area (Å²) in [6.07, 6.45) is 0. The van der Waals surface area contributed by atoms with Crippen molar-refractivity contribution in [1.29, 1.82) is 0 Å². The van der Waals surface area contributed by atoms with Crippen LogP contribution in [0.1, 0.15) is 41.6 Å². The van der Waals surface area contributed by atoms with Crippen LogP contribution in [0.5, 0.6) is 5.75 Å². The first kappa shape index (κ1) is 22.1. The molecule has 0 saturated carbocycles. The molecule has 3 rings (SSSR count). The molecule has 0 aliphatic carbocycles. The third-order valence-corrected chi connectivity index (χ3v) is 5.10. The van der Waals surface area contributed by atoms with E-state index in [9.17, 15) is 14.0 Å². The maximum absolute atomic E-state index is 13.6. The fourth-order valence-corrected chi connectivity index (χ4v) is 3.45. The molecule has 3 aromatic rings. The Kier molecular flexibility index (Phi) is 6.48. The number of urea groups is 1. The second kappa shape index (κ2) is 9.07. The van der Waals surface area contributed by atoms with Crippen LogP contribution in [0, 0.1) is 18.7 Å². The number of carbonyl (C=O) groups excluding carboxylic acids is 2. The van der Waals surface area contributed by atoms with E-state index in [1.807, 2.05) is 20.8 Å². The van der Waals surface area contributed by atoms with E-state index in [1.165, 1.54) is 32.4 Å². The zero-order valence-corrected chi connectivity index (χ0v) is 18.1. The minimum absolute atomic E-state index is 0.00663. The highest BCUT2D eigenvalue weighted by Crippen LogP contribution is 2.33. The van der Waals surface area contributed by atoms with Crippen LogP contribution >= 0.6 is 0 Å². The monoisotopic (exact) mass is 427 g/mol. The molecule has 0 fully saturated rings. The zero-order valence-electron chi connectivity index (χ0n) is 18.1. The van der Waals surface area contributed by atoms with Crippen LogP contribution in [-0.2, 0) is 0 Å². The number of aryl methyl sites for hydroxylation is 1. The van der Waals surface area contributed by atoms with Crippen molar-refractivity contribution >= 4 is 28.6 Å². The van der Waals surface area contributed by atoms with Gasteiger partial charge in [-0.15, -0.1) is 0 Å². The number of hydrogen-bond donors (Lipinski definition) is 3. The molecule has 0 spiro atoms. The maximum Gasteiger partial charge on any atom is 0.319 e. The van der Waals surface area contributed by atoms with E-state index in [4.69, 9.17) is 9.15 Å². The Morgan fingerprint density at radius 2 is 1.87 bits per heavy atom. The Balaban J connectivity index is 1.84. The predicted octanol–water partition coefficient (Wildman–Crippen LogP) is 4.77. The number of benzene rings is 2. The van der Waals surface area contributed by atoms with E-state index in [0.717, 1.165) is 5.56 Å². The molecular formula is C23H26FN3O4. The molecule has 1 aromatic heterocycles. The summed E-state index contributed by atoms with van der Waals surface area (Å²) in [5.41, 5.74) is 2.08. The molecule has 0 bridgehead atoms. The van der Waals surface area contributed by atoms with Crippen LogP contribution in [0.3, 0.4) is 0 Å². The van der Waals surface area contributed by atoms with Gasteiger partial charge in [0.1, 0.15) is 22.9 Å². The summed E-state index contributed by atoms with van der Waals surface area (Å²) in [5.74, 6) is 0.307. The molecule has 0 saturated heterocycles. The van der Waals surface area contributed by atoms with Crippen LogP contribution in [0.4, 0.5) is 14.9 Å². The largest absolute Gasteiger partial charge is 0.496 e. The molecule has 7 nitrogen and oxygen atoms in total. The van der Waals surface area contributed by atoms with Crippen LogP contribution in [-0.4, -0.2) is 26.1 Å². The minimum atomic E-state index is -0.460. The van der Waals surface area contributed by atoms with Gasteiger partial charge in [0, 0.05) is 23.7 Å². The zero-order chi connectivity index (χ0) is 22.7. The van der Waals surface area contributed by atoms with Gasteiger partial charge in [-0.1, -0.05) is 13.8 Å². The SMILES string of the molecule is CNC(=O)c1cc(NC(=O)N[C@H](c2oc3ccc(F)cc3c2C)C(C)C)ccc1OC. The third-order valence-electron chi connectivity index (χ3n) is 5.10. The molecule has 164 valence electrons. The van der Waals surface area contributed by atoms with Gasteiger partial charge in [-0.05, 0) is 49.2 Å². The first-order valence-electron chi connectivity index (χ1n) is 9.91. The molecule has 1 heterocycles. The van der Waals surface area contributed by atoms with Crippen molar-refractivity contribution < 1.29 is 23.1 Å². The van der Waals surface area contributed by atoms with Crippen molar-refractivity contribution in [3.63, 3.8) is 0 Å². The van der Waals surface area contributed by atoms with Gasteiger partial charge in [0.25, 0.3) is 5.91 Å². The molecule has 2 aromatic carbocycles. The summed E-state index contributed by atoms with van der Waals surface area (Å²) in [6, 6.07) is 8.24. The van der Waals surface area contributed by atoms with Crippen molar-refractivity contribution in [1.82, 2.24) is 10.6 Å². The van der Waals surface area contributed by atoms with Gasteiger partial charge in [0.05, 0.1) is 18.7 Å². The van der Waals surface area contributed by atoms with E-state index in [-0.39, 0.29) is 17.6 Å². The summed E-state index contributed by atoms with van der Waals surface area (Å²) in [5, 5.41) is 8.88. The maximum atomic E-state index is 13.6. The van der Waals surface area contributed by atoms with Gasteiger partial charge in [-0.3, -0.25) is 4.79 Å². The number of nitrogens with one attached hydrogen (secondary N) is 3. The molecular weight excluding hydrogens is 401 g/mol. The Bertz CT molecular complexity index is 1120.